The molecular formula is C20H27N3O4S2. The van der Waals surface area contributed by atoms with Crippen molar-refractivity contribution in [3.63, 3.8) is 0 Å². The van der Waals surface area contributed by atoms with Gasteiger partial charge in [0.2, 0.25) is 15.9 Å². The predicted octanol–water partition coefficient (Wildman–Crippen LogP) is 2.50. The molecule has 0 atom stereocenters. The fourth-order valence-corrected chi connectivity index (χ4v) is 6.85. The minimum Gasteiger partial charge on any atom is -0.340 e. The zero-order valence-corrected chi connectivity index (χ0v) is 18.3. The summed E-state index contributed by atoms with van der Waals surface area (Å²) in [6, 6.07) is 4.93. The van der Waals surface area contributed by atoms with Crippen LogP contribution in [-0.2, 0) is 21.4 Å². The highest BCUT2D eigenvalue weighted by Crippen LogP contribution is 2.28. The summed E-state index contributed by atoms with van der Waals surface area (Å²) in [5, 5.41) is 0. The molecule has 2 heterocycles. The number of carbonyl (C=O) groups is 1. The Balaban J connectivity index is 1.50. The largest absolute Gasteiger partial charge is 0.340 e. The van der Waals surface area contributed by atoms with Crippen molar-refractivity contribution >= 4 is 37.5 Å². The van der Waals surface area contributed by atoms with Gasteiger partial charge < -0.3 is 4.90 Å². The van der Waals surface area contributed by atoms with Gasteiger partial charge in [-0.2, -0.15) is 4.31 Å². The van der Waals surface area contributed by atoms with Crippen LogP contribution in [-0.4, -0.2) is 54.3 Å². The molecule has 1 aliphatic carbocycles. The summed E-state index contributed by atoms with van der Waals surface area (Å²) in [7, 11) is -3.65. The van der Waals surface area contributed by atoms with E-state index >= 15 is 0 Å². The van der Waals surface area contributed by atoms with Gasteiger partial charge in [0.05, 0.1) is 15.1 Å². The molecule has 1 aliphatic heterocycles. The first kappa shape index (κ1) is 20.6. The van der Waals surface area contributed by atoms with Gasteiger partial charge in [0.1, 0.15) is 0 Å². The summed E-state index contributed by atoms with van der Waals surface area (Å²) in [5.74, 6) is 0.304. The van der Waals surface area contributed by atoms with Gasteiger partial charge in [0.25, 0.3) is 0 Å². The second-order valence-corrected chi connectivity index (χ2v) is 10.8. The number of carbonyl (C=O) groups excluding carboxylic acids is 1. The lowest BCUT2D eigenvalue weighted by Gasteiger charge is -2.35. The molecule has 0 radical (unpaired) electrons. The molecule has 1 amide bonds. The number of sulfonamides is 1. The van der Waals surface area contributed by atoms with E-state index in [1.54, 1.807) is 22.8 Å². The Morgan fingerprint density at radius 1 is 1.14 bits per heavy atom. The Morgan fingerprint density at radius 3 is 2.48 bits per heavy atom. The molecule has 1 aromatic heterocycles. The number of thiazole rings is 1. The molecule has 2 aromatic rings. The van der Waals surface area contributed by atoms with Gasteiger partial charge in [-0.05, 0) is 37.5 Å². The van der Waals surface area contributed by atoms with Gasteiger partial charge in [-0.15, -0.1) is 0 Å². The average molecular weight is 438 g/mol. The van der Waals surface area contributed by atoms with Crippen molar-refractivity contribution < 1.29 is 13.2 Å². The van der Waals surface area contributed by atoms with E-state index in [0.29, 0.717) is 37.4 Å². The number of piperazine rings is 1. The molecule has 0 unspecified atom stereocenters. The number of hydrogen-bond donors (Lipinski definition) is 0. The molecule has 0 spiro atoms. The van der Waals surface area contributed by atoms with Crippen LogP contribution < -0.4 is 4.87 Å². The van der Waals surface area contributed by atoms with Gasteiger partial charge >= 0.3 is 4.87 Å². The van der Waals surface area contributed by atoms with Crippen LogP contribution in [0, 0.1) is 5.92 Å². The van der Waals surface area contributed by atoms with Crippen molar-refractivity contribution in [1.29, 1.82) is 0 Å². The Kier molecular flexibility index (Phi) is 5.81. The molecule has 0 N–H and O–H groups in total. The molecule has 158 valence electrons. The molecule has 29 heavy (non-hydrogen) atoms. The minimum atomic E-state index is -3.65. The molecule has 2 aliphatic rings. The van der Waals surface area contributed by atoms with E-state index in [4.69, 9.17) is 0 Å². The van der Waals surface area contributed by atoms with Crippen LogP contribution in [0.5, 0.6) is 0 Å². The lowest BCUT2D eigenvalue weighted by molar-refractivity contribution is -0.136. The third-order valence-corrected chi connectivity index (χ3v) is 8.82. The van der Waals surface area contributed by atoms with Crippen LogP contribution in [0.25, 0.3) is 10.2 Å². The number of nitrogens with zero attached hydrogens (tertiary/aromatic N) is 3. The number of aryl methyl sites for hydroxylation is 1. The zero-order chi connectivity index (χ0) is 20.6. The third kappa shape index (κ3) is 3.87. The van der Waals surface area contributed by atoms with E-state index in [-0.39, 0.29) is 21.6 Å². The summed E-state index contributed by atoms with van der Waals surface area (Å²) in [4.78, 5) is 26.7. The van der Waals surface area contributed by atoms with E-state index in [0.717, 1.165) is 49.0 Å². The topological polar surface area (TPSA) is 79.7 Å². The van der Waals surface area contributed by atoms with Crippen molar-refractivity contribution in [1.82, 2.24) is 13.8 Å². The summed E-state index contributed by atoms with van der Waals surface area (Å²) in [6.45, 7) is 4.14. The molecular weight excluding hydrogens is 410 g/mol. The lowest BCUT2D eigenvalue weighted by Crippen LogP contribution is -2.51. The van der Waals surface area contributed by atoms with Crippen molar-refractivity contribution in [3.05, 3.63) is 27.9 Å². The van der Waals surface area contributed by atoms with Crippen molar-refractivity contribution in [2.45, 2.75) is 50.5 Å². The van der Waals surface area contributed by atoms with Gasteiger partial charge in [0, 0.05) is 38.6 Å². The fraction of sp³-hybridized carbons (Fsp3) is 0.600. The van der Waals surface area contributed by atoms with E-state index < -0.39 is 10.0 Å². The number of fused-ring (bicyclic) bond motifs is 1. The second kappa shape index (κ2) is 8.20. The summed E-state index contributed by atoms with van der Waals surface area (Å²) >= 11 is 1.09. The van der Waals surface area contributed by atoms with Crippen LogP contribution in [0.1, 0.15) is 39.0 Å². The number of rotatable bonds is 5. The first-order valence-corrected chi connectivity index (χ1v) is 12.6. The highest BCUT2D eigenvalue weighted by Gasteiger charge is 2.33. The predicted molar refractivity (Wildman–Crippen MR) is 114 cm³/mol. The average Bonchev–Trinajstić information content (AvgIpc) is 3.36. The summed E-state index contributed by atoms with van der Waals surface area (Å²) in [5.41, 5.74) is 0.785. The standard InChI is InChI=1S/C20H27N3O4S2/c1-2-9-23-17-8-7-16(14-18(17)28-20(23)25)29(26,27)22-12-10-21(11-13-22)19(24)15-5-3-4-6-15/h7-8,14-15H,2-6,9-13H2,1H3. The van der Waals surface area contributed by atoms with Crippen LogP contribution >= 0.6 is 11.3 Å². The first-order valence-electron chi connectivity index (χ1n) is 10.3. The van der Waals surface area contributed by atoms with Gasteiger partial charge in [-0.25, -0.2) is 8.42 Å². The Bertz CT molecular complexity index is 1060. The molecule has 1 saturated carbocycles. The first-order chi connectivity index (χ1) is 13.9. The fourth-order valence-electron chi connectivity index (χ4n) is 4.37. The quantitative estimate of drug-likeness (QED) is 0.720. The molecule has 4 rings (SSSR count). The summed E-state index contributed by atoms with van der Waals surface area (Å²) < 4.78 is 30.1. The molecule has 1 aromatic carbocycles. The van der Waals surface area contributed by atoms with E-state index in [9.17, 15) is 18.0 Å². The number of amides is 1. The van der Waals surface area contributed by atoms with E-state index in [1.165, 1.54) is 4.31 Å². The molecule has 9 heteroatoms. The molecule has 1 saturated heterocycles. The number of aromatic nitrogens is 1. The Morgan fingerprint density at radius 2 is 1.83 bits per heavy atom. The van der Waals surface area contributed by atoms with Crippen LogP contribution in [0.3, 0.4) is 0 Å². The number of hydrogen-bond acceptors (Lipinski definition) is 5. The van der Waals surface area contributed by atoms with Crippen molar-refractivity contribution in [3.8, 4) is 0 Å². The zero-order valence-electron chi connectivity index (χ0n) is 16.7. The van der Waals surface area contributed by atoms with E-state index in [1.807, 2.05) is 11.8 Å². The van der Waals surface area contributed by atoms with Gasteiger partial charge in [0.15, 0.2) is 0 Å². The monoisotopic (exact) mass is 437 g/mol. The summed E-state index contributed by atoms with van der Waals surface area (Å²) in [6.07, 6.45) is 4.98. The van der Waals surface area contributed by atoms with Crippen molar-refractivity contribution in [2.24, 2.45) is 5.92 Å². The van der Waals surface area contributed by atoms with E-state index in [2.05, 4.69) is 0 Å². The maximum Gasteiger partial charge on any atom is 0.308 e. The third-order valence-electron chi connectivity index (χ3n) is 5.98. The van der Waals surface area contributed by atoms with Crippen molar-refractivity contribution in [2.75, 3.05) is 26.2 Å². The lowest BCUT2D eigenvalue weighted by atomic mass is 10.1. The minimum absolute atomic E-state index is 0.0598. The second-order valence-electron chi connectivity index (χ2n) is 7.86. The van der Waals surface area contributed by atoms with Crippen LogP contribution in [0.4, 0.5) is 0 Å². The highest BCUT2D eigenvalue weighted by molar-refractivity contribution is 7.89. The van der Waals surface area contributed by atoms with Gasteiger partial charge in [-0.1, -0.05) is 31.1 Å². The maximum atomic E-state index is 13.1. The Hall–Kier alpha value is -1.71. The molecule has 7 nitrogen and oxygen atoms in total. The molecule has 0 bridgehead atoms. The SMILES string of the molecule is CCCn1c(=O)sc2cc(S(=O)(=O)N3CCN(C(=O)C4CCCC4)CC3)ccc21. The maximum absolute atomic E-state index is 13.1. The smallest absolute Gasteiger partial charge is 0.308 e. The Labute approximate surface area is 175 Å². The van der Waals surface area contributed by atoms with Crippen LogP contribution in [0.15, 0.2) is 27.9 Å². The van der Waals surface area contributed by atoms with Crippen LogP contribution in [0.2, 0.25) is 0 Å². The van der Waals surface area contributed by atoms with Gasteiger partial charge in [-0.3, -0.25) is 14.2 Å². The molecule has 2 fully saturated rings. The normalized spacial score (nSPS) is 19.3. The highest BCUT2D eigenvalue weighted by atomic mass is 32.2. The number of benzene rings is 1.